The molecule has 0 bridgehead atoms. The van der Waals surface area contributed by atoms with E-state index in [0.717, 1.165) is 24.1 Å². The van der Waals surface area contributed by atoms with Gasteiger partial charge >= 0.3 is 0 Å². The largest absolute Gasteiger partial charge is 0.496 e. The molecule has 2 heteroatoms. The van der Waals surface area contributed by atoms with Crippen LogP contribution in [-0.2, 0) is 6.54 Å². The van der Waals surface area contributed by atoms with E-state index in [9.17, 15) is 0 Å². The van der Waals surface area contributed by atoms with Crippen LogP contribution in [0.4, 0.5) is 0 Å². The maximum Gasteiger partial charge on any atom is 0.123 e. The standard InChI is InChI=1S/C18H27NO/c1-20-18-9-5-4-8-16(18)13-19-17-11-10-14-6-2-3-7-15(14)12-17/h4-5,8-9,14-15,17,19H,2-3,6-7,10-13H2,1H3/t14-,15+,17+/m0/s1. The monoisotopic (exact) mass is 273 g/mol. The number of fused-ring (bicyclic) bond motifs is 1. The van der Waals surface area contributed by atoms with Crippen molar-refractivity contribution in [3.05, 3.63) is 29.8 Å². The Kier molecular flexibility index (Phi) is 4.62. The maximum atomic E-state index is 5.43. The van der Waals surface area contributed by atoms with Gasteiger partial charge in [-0.15, -0.1) is 0 Å². The molecule has 1 aromatic rings. The Morgan fingerprint density at radius 2 is 1.85 bits per heavy atom. The van der Waals surface area contributed by atoms with Crippen molar-refractivity contribution < 1.29 is 4.74 Å². The van der Waals surface area contributed by atoms with Gasteiger partial charge < -0.3 is 10.1 Å². The predicted octanol–water partition coefficient (Wildman–Crippen LogP) is 4.14. The van der Waals surface area contributed by atoms with Crippen molar-refractivity contribution in [2.24, 2.45) is 11.8 Å². The maximum absolute atomic E-state index is 5.43. The third-order valence-corrected chi connectivity index (χ3v) is 5.31. The predicted molar refractivity (Wildman–Crippen MR) is 82.9 cm³/mol. The molecule has 0 radical (unpaired) electrons. The van der Waals surface area contributed by atoms with Crippen molar-refractivity contribution in [3.8, 4) is 5.75 Å². The first kappa shape index (κ1) is 13.9. The summed E-state index contributed by atoms with van der Waals surface area (Å²) in [4.78, 5) is 0. The van der Waals surface area contributed by atoms with Gasteiger partial charge in [-0.05, 0) is 37.2 Å². The van der Waals surface area contributed by atoms with E-state index in [0.29, 0.717) is 6.04 Å². The summed E-state index contributed by atoms with van der Waals surface area (Å²) in [5.74, 6) is 3.03. The summed E-state index contributed by atoms with van der Waals surface area (Å²) in [7, 11) is 1.76. The molecule has 110 valence electrons. The molecule has 2 aliphatic rings. The number of hydrogen-bond donors (Lipinski definition) is 1. The van der Waals surface area contributed by atoms with Crippen LogP contribution in [0, 0.1) is 11.8 Å². The second-order valence-electron chi connectivity index (χ2n) is 6.51. The first-order valence-electron chi connectivity index (χ1n) is 8.22. The van der Waals surface area contributed by atoms with Crippen LogP contribution in [0.15, 0.2) is 24.3 Å². The zero-order valence-corrected chi connectivity index (χ0v) is 12.6. The van der Waals surface area contributed by atoms with Gasteiger partial charge in [-0.1, -0.05) is 43.9 Å². The Hall–Kier alpha value is -1.02. The summed E-state index contributed by atoms with van der Waals surface area (Å²) in [5, 5.41) is 3.77. The lowest BCUT2D eigenvalue weighted by Gasteiger charge is -2.39. The molecule has 0 aromatic heterocycles. The van der Waals surface area contributed by atoms with Gasteiger partial charge in [-0.2, -0.15) is 0 Å². The van der Waals surface area contributed by atoms with E-state index in [1.165, 1.54) is 50.5 Å². The minimum Gasteiger partial charge on any atom is -0.496 e. The second kappa shape index (κ2) is 6.62. The van der Waals surface area contributed by atoms with E-state index in [-0.39, 0.29) is 0 Å². The molecule has 2 aliphatic carbocycles. The molecule has 1 N–H and O–H groups in total. The molecule has 0 heterocycles. The van der Waals surface area contributed by atoms with Gasteiger partial charge in [0.15, 0.2) is 0 Å². The molecule has 2 fully saturated rings. The summed E-state index contributed by atoms with van der Waals surface area (Å²) in [6.45, 7) is 0.937. The number of rotatable bonds is 4. The lowest BCUT2D eigenvalue weighted by atomic mass is 9.69. The smallest absolute Gasteiger partial charge is 0.123 e. The highest BCUT2D eigenvalue weighted by molar-refractivity contribution is 5.33. The second-order valence-corrected chi connectivity index (χ2v) is 6.51. The van der Waals surface area contributed by atoms with Crippen LogP contribution in [0.5, 0.6) is 5.75 Å². The van der Waals surface area contributed by atoms with E-state index in [4.69, 9.17) is 4.74 Å². The molecule has 0 spiro atoms. The highest BCUT2D eigenvalue weighted by atomic mass is 16.5. The zero-order chi connectivity index (χ0) is 13.8. The van der Waals surface area contributed by atoms with Crippen LogP contribution >= 0.6 is 0 Å². The van der Waals surface area contributed by atoms with Gasteiger partial charge in [0.05, 0.1) is 7.11 Å². The van der Waals surface area contributed by atoms with Crippen LogP contribution in [0.3, 0.4) is 0 Å². The first-order valence-corrected chi connectivity index (χ1v) is 8.22. The van der Waals surface area contributed by atoms with Crippen LogP contribution in [0.2, 0.25) is 0 Å². The van der Waals surface area contributed by atoms with Gasteiger partial charge in [0.1, 0.15) is 5.75 Å². The quantitative estimate of drug-likeness (QED) is 0.890. The highest BCUT2D eigenvalue weighted by Crippen LogP contribution is 2.40. The Labute approximate surface area is 122 Å². The van der Waals surface area contributed by atoms with E-state index >= 15 is 0 Å². The van der Waals surface area contributed by atoms with Gasteiger partial charge in [0.2, 0.25) is 0 Å². The Morgan fingerprint density at radius 1 is 1.05 bits per heavy atom. The van der Waals surface area contributed by atoms with E-state index in [2.05, 4.69) is 23.5 Å². The molecule has 2 saturated carbocycles. The Morgan fingerprint density at radius 3 is 2.70 bits per heavy atom. The summed E-state index contributed by atoms with van der Waals surface area (Å²) < 4.78 is 5.43. The Balaban J connectivity index is 1.53. The fourth-order valence-corrected chi connectivity index (χ4v) is 4.16. The number of para-hydroxylation sites is 1. The molecule has 0 unspecified atom stereocenters. The van der Waals surface area contributed by atoms with E-state index in [1.807, 2.05) is 6.07 Å². The topological polar surface area (TPSA) is 21.3 Å². The minimum atomic E-state index is 0.708. The van der Waals surface area contributed by atoms with Crippen molar-refractivity contribution in [1.29, 1.82) is 0 Å². The number of nitrogens with one attached hydrogen (secondary N) is 1. The molecule has 3 rings (SSSR count). The van der Waals surface area contributed by atoms with Crippen LogP contribution in [0.25, 0.3) is 0 Å². The number of methoxy groups -OCH3 is 1. The molecule has 1 aromatic carbocycles. The third kappa shape index (κ3) is 3.17. The number of ether oxygens (including phenoxy) is 1. The minimum absolute atomic E-state index is 0.708. The van der Waals surface area contributed by atoms with Crippen molar-refractivity contribution in [2.45, 2.75) is 57.5 Å². The Bertz CT molecular complexity index is 431. The van der Waals surface area contributed by atoms with Crippen LogP contribution in [0.1, 0.15) is 50.5 Å². The molecular formula is C18H27NO. The molecule has 0 amide bonds. The van der Waals surface area contributed by atoms with Crippen LogP contribution < -0.4 is 10.1 Å². The van der Waals surface area contributed by atoms with Gasteiger partial charge in [-0.25, -0.2) is 0 Å². The van der Waals surface area contributed by atoms with Crippen molar-refractivity contribution >= 4 is 0 Å². The molecule has 0 saturated heterocycles. The zero-order valence-electron chi connectivity index (χ0n) is 12.6. The third-order valence-electron chi connectivity index (χ3n) is 5.31. The molecule has 20 heavy (non-hydrogen) atoms. The summed E-state index contributed by atoms with van der Waals surface area (Å²) in [6, 6.07) is 9.06. The average Bonchev–Trinajstić information content (AvgIpc) is 2.53. The van der Waals surface area contributed by atoms with Crippen molar-refractivity contribution in [1.82, 2.24) is 5.32 Å². The SMILES string of the molecule is COc1ccccc1CN[C@@H]1CC[C@@H]2CCCC[C@@H]2C1. The van der Waals surface area contributed by atoms with Gasteiger partial charge in [-0.3, -0.25) is 0 Å². The van der Waals surface area contributed by atoms with Gasteiger partial charge in [0.25, 0.3) is 0 Å². The molecule has 0 aliphatic heterocycles. The molecular weight excluding hydrogens is 246 g/mol. The molecule has 3 atom stereocenters. The van der Waals surface area contributed by atoms with E-state index in [1.54, 1.807) is 7.11 Å². The molecule has 2 nitrogen and oxygen atoms in total. The normalized spacial score (nSPS) is 29.8. The van der Waals surface area contributed by atoms with Crippen molar-refractivity contribution in [3.63, 3.8) is 0 Å². The van der Waals surface area contributed by atoms with Crippen molar-refractivity contribution in [2.75, 3.05) is 7.11 Å². The fraction of sp³-hybridized carbons (Fsp3) is 0.667. The summed E-state index contributed by atoms with van der Waals surface area (Å²) >= 11 is 0. The summed E-state index contributed by atoms with van der Waals surface area (Å²) in [5.41, 5.74) is 1.28. The first-order chi connectivity index (χ1) is 9.86. The lowest BCUT2D eigenvalue weighted by Crippen LogP contribution is -2.38. The van der Waals surface area contributed by atoms with Gasteiger partial charge in [0, 0.05) is 18.2 Å². The highest BCUT2D eigenvalue weighted by Gasteiger charge is 2.31. The lowest BCUT2D eigenvalue weighted by molar-refractivity contribution is 0.143. The summed E-state index contributed by atoms with van der Waals surface area (Å²) in [6.07, 6.45) is 10.1. The van der Waals surface area contributed by atoms with E-state index < -0.39 is 0 Å². The average molecular weight is 273 g/mol. The fourth-order valence-electron chi connectivity index (χ4n) is 4.16. The number of benzene rings is 1. The number of hydrogen-bond acceptors (Lipinski definition) is 2. The van der Waals surface area contributed by atoms with Crippen LogP contribution in [-0.4, -0.2) is 13.2 Å².